The summed E-state index contributed by atoms with van der Waals surface area (Å²) < 4.78 is 31.6. The van der Waals surface area contributed by atoms with Gasteiger partial charge in [-0.25, -0.2) is 13.4 Å². The van der Waals surface area contributed by atoms with Gasteiger partial charge in [-0.2, -0.15) is 4.31 Å². The van der Waals surface area contributed by atoms with Crippen molar-refractivity contribution in [1.82, 2.24) is 24.6 Å². The molecular formula is C21H33IN6O3S. The molecule has 1 N–H and O–H groups in total. The first-order chi connectivity index (χ1) is 14.9. The molecule has 1 aromatic carbocycles. The Labute approximate surface area is 207 Å². The highest BCUT2D eigenvalue weighted by Crippen LogP contribution is 2.15. The van der Waals surface area contributed by atoms with Gasteiger partial charge in [0.2, 0.25) is 10.0 Å². The van der Waals surface area contributed by atoms with Gasteiger partial charge in [0, 0.05) is 45.3 Å². The van der Waals surface area contributed by atoms with Crippen LogP contribution in [0.1, 0.15) is 23.7 Å². The van der Waals surface area contributed by atoms with E-state index in [0.717, 1.165) is 19.0 Å². The molecule has 1 aliphatic rings. The maximum atomic E-state index is 12.7. The highest BCUT2D eigenvalue weighted by atomic mass is 127. The van der Waals surface area contributed by atoms with Crippen LogP contribution in [0.2, 0.25) is 0 Å². The molecule has 0 atom stereocenters. The Bertz CT molecular complexity index is 958. The molecule has 3 rings (SSSR count). The fourth-order valence-corrected chi connectivity index (χ4v) is 4.99. The van der Waals surface area contributed by atoms with Crippen LogP contribution in [0.3, 0.4) is 0 Å². The number of piperazine rings is 1. The Hall–Kier alpha value is -1.70. The van der Waals surface area contributed by atoms with E-state index in [0.29, 0.717) is 38.4 Å². The number of nitrogens with zero attached hydrogens (tertiary/aromatic N) is 5. The van der Waals surface area contributed by atoms with Crippen LogP contribution in [-0.2, 0) is 28.9 Å². The van der Waals surface area contributed by atoms with E-state index in [-0.39, 0.29) is 29.7 Å². The molecule has 1 saturated heterocycles. The molecule has 0 bridgehead atoms. The minimum atomic E-state index is -3.42. The van der Waals surface area contributed by atoms with Gasteiger partial charge in [-0.15, -0.1) is 24.0 Å². The maximum absolute atomic E-state index is 12.7. The Kier molecular flexibility index (Phi) is 10.4. The van der Waals surface area contributed by atoms with Gasteiger partial charge in [-0.05, 0) is 32.1 Å². The van der Waals surface area contributed by atoms with Crippen molar-refractivity contribution in [2.75, 3.05) is 46.8 Å². The van der Waals surface area contributed by atoms with Gasteiger partial charge < -0.3 is 19.6 Å². The molecule has 11 heteroatoms. The van der Waals surface area contributed by atoms with Crippen LogP contribution in [0.5, 0.6) is 0 Å². The van der Waals surface area contributed by atoms with Crippen molar-refractivity contribution in [3.63, 3.8) is 0 Å². The maximum Gasteiger partial charge on any atom is 0.220 e. The predicted octanol–water partition coefficient (Wildman–Crippen LogP) is 1.97. The summed E-state index contributed by atoms with van der Waals surface area (Å²) in [7, 11) is 0.691. The topological polar surface area (TPSA) is 94.3 Å². The van der Waals surface area contributed by atoms with Crippen LogP contribution in [0.25, 0.3) is 0 Å². The Morgan fingerprint density at radius 2 is 1.84 bits per heavy atom. The number of hydrogen-bond acceptors (Lipinski definition) is 6. The molecule has 1 fully saturated rings. The number of halogens is 1. The van der Waals surface area contributed by atoms with E-state index in [1.165, 1.54) is 21.7 Å². The SMILES string of the molecule is CCNC(=NCc1ccccc1CN(C)C)N1CCN(S(=O)(=O)Cc2ccon2)CC1.I. The molecule has 0 radical (unpaired) electrons. The second-order valence-electron chi connectivity index (χ2n) is 7.81. The average molecular weight is 577 g/mol. The smallest absolute Gasteiger partial charge is 0.220 e. The van der Waals surface area contributed by atoms with Gasteiger partial charge in [0.15, 0.2) is 5.96 Å². The fraction of sp³-hybridized carbons (Fsp3) is 0.524. The van der Waals surface area contributed by atoms with Gasteiger partial charge in [-0.3, -0.25) is 0 Å². The Morgan fingerprint density at radius 3 is 2.44 bits per heavy atom. The van der Waals surface area contributed by atoms with Crippen molar-refractivity contribution >= 4 is 40.0 Å². The lowest BCUT2D eigenvalue weighted by atomic mass is 10.1. The number of guanidine groups is 1. The van der Waals surface area contributed by atoms with Gasteiger partial charge in [-0.1, -0.05) is 29.4 Å². The molecule has 2 heterocycles. The van der Waals surface area contributed by atoms with Gasteiger partial charge in [0.1, 0.15) is 12.0 Å². The van der Waals surface area contributed by atoms with Crippen LogP contribution in [0.15, 0.2) is 46.1 Å². The average Bonchev–Trinajstić information content (AvgIpc) is 3.24. The molecule has 0 saturated carbocycles. The highest BCUT2D eigenvalue weighted by molar-refractivity contribution is 14.0. The van der Waals surface area contributed by atoms with E-state index in [4.69, 9.17) is 9.52 Å². The van der Waals surface area contributed by atoms with Crippen molar-refractivity contribution < 1.29 is 12.9 Å². The summed E-state index contributed by atoms with van der Waals surface area (Å²) in [5.41, 5.74) is 2.88. The molecule has 2 aromatic rings. The van der Waals surface area contributed by atoms with E-state index in [2.05, 4.69) is 52.6 Å². The van der Waals surface area contributed by atoms with Crippen LogP contribution >= 0.6 is 24.0 Å². The number of hydrogen-bond donors (Lipinski definition) is 1. The largest absolute Gasteiger partial charge is 0.364 e. The van der Waals surface area contributed by atoms with Crippen LogP contribution in [0.4, 0.5) is 0 Å². The second kappa shape index (κ2) is 12.5. The molecule has 0 amide bonds. The summed E-state index contributed by atoms with van der Waals surface area (Å²) in [5, 5.41) is 7.07. The summed E-state index contributed by atoms with van der Waals surface area (Å²) in [6, 6.07) is 9.92. The highest BCUT2D eigenvalue weighted by Gasteiger charge is 2.29. The van der Waals surface area contributed by atoms with E-state index in [1.807, 2.05) is 13.0 Å². The molecule has 0 aliphatic carbocycles. The zero-order chi connectivity index (χ0) is 22.3. The normalized spacial score (nSPS) is 15.6. The lowest BCUT2D eigenvalue weighted by Crippen LogP contribution is -2.53. The first kappa shape index (κ1) is 26.6. The molecule has 32 heavy (non-hydrogen) atoms. The standard InChI is InChI=1S/C21H32N6O3S.HI/c1-4-22-21(23-15-18-7-5-6-8-19(18)16-25(2)3)26-10-12-27(13-11-26)31(28,29)17-20-9-14-30-24-20;/h5-9,14H,4,10-13,15-17H2,1-3H3,(H,22,23);1H. The van der Waals surface area contributed by atoms with Gasteiger partial charge >= 0.3 is 0 Å². The number of aliphatic imine (C=N–C) groups is 1. The molecule has 0 unspecified atom stereocenters. The Morgan fingerprint density at radius 1 is 1.16 bits per heavy atom. The zero-order valence-corrected chi connectivity index (χ0v) is 22.0. The monoisotopic (exact) mass is 576 g/mol. The minimum absolute atomic E-state index is 0. The van der Waals surface area contributed by atoms with Crippen LogP contribution < -0.4 is 5.32 Å². The number of sulfonamides is 1. The molecule has 1 aliphatic heterocycles. The number of aromatic nitrogens is 1. The predicted molar refractivity (Wildman–Crippen MR) is 136 cm³/mol. The summed E-state index contributed by atoms with van der Waals surface area (Å²) in [5.74, 6) is 0.677. The number of rotatable bonds is 8. The molecule has 178 valence electrons. The molecule has 9 nitrogen and oxygen atoms in total. The molecule has 1 aromatic heterocycles. The third-order valence-corrected chi connectivity index (χ3v) is 6.90. The van der Waals surface area contributed by atoms with Crippen molar-refractivity contribution in [1.29, 1.82) is 0 Å². The third-order valence-electron chi connectivity index (χ3n) is 5.09. The number of nitrogens with one attached hydrogen (secondary N) is 1. The van der Waals surface area contributed by atoms with Crippen LogP contribution in [-0.4, -0.2) is 80.5 Å². The first-order valence-corrected chi connectivity index (χ1v) is 12.1. The third kappa shape index (κ3) is 7.42. The summed E-state index contributed by atoms with van der Waals surface area (Å²) in [6.07, 6.45) is 1.39. The van der Waals surface area contributed by atoms with E-state index in [1.54, 1.807) is 6.07 Å². The van der Waals surface area contributed by atoms with Crippen molar-refractivity contribution in [2.24, 2.45) is 4.99 Å². The van der Waals surface area contributed by atoms with Gasteiger partial charge in [0.05, 0.1) is 12.2 Å². The van der Waals surface area contributed by atoms with Crippen LogP contribution in [0, 0.1) is 0 Å². The van der Waals surface area contributed by atoms with E-state index < -0.39 is 10.0 Å². The van der Waals surface area contributed by atoms with E-state index >= 15 is 0 Å². The van der Waals surface area contributed by atoms with Crippen molar-refractivity contribution in [2.45, 2.75) is 25.8 Å². The van der Waals surface area contributed by atoms with Crippen molar-refractivity contribution in [3.8, 4) is 0 Å². The van der Waals surface area contributed by atoms with E-state index in [9.17, 15) is 8.42 Å². The minimum Gasteiger partial charge on any atom is -0.364 e. The van der Waals surface area contributed by atoms with Gasteiger partial charge in [0.25, 0.3) is 0 Å². The Balaban J connectivity index is 0.00000363. The quantitative estimate of drug-likeness (QED) is 0.292. The first-order valence-electron chi connectivity index (χ1n) is 10.5. The number of benzene rings is 1. The fourth-order valence-electron chi connectivity index (χ4n) is 3.56. The summed E-state index contributed by atoms with van der Waals surface area (Å²) >= 11 is 0. The summed E-state index contributed by atoms with van der Waals surface area (Å²) in [6.45, 7) is 6.24. The molecule has 0 spiro atoms. The second-order valence-corrected chi connectivity index (χ2v) is 9.78. The lowest BCUT2D eigenvalue weighted by Gasteiger charge is -2.35. The zero-order valence-electron chi connectivity index (χ0n) is 18.9. The van der Waals surface area contributed by atoms with Crippen molar-refractivity contribution in [3.05, 3.63) is 53.4 Å². The lowest BCUT2D eigenvalue weighted by molar-refractivity contribution is 0.259. The molecular weight excluding hydrogens is 543 g/mol. The summed E-state index contributed by atoms with van der Waals surface area (Å²) in [4.78, 5) is 9.12.